The summed E-state index contributed by atoms with van der Waals surface area (Å²) in [5.41, 5.74) is 5.62. The van der Waals surface area contributed by atoms with Crippen molar-refractivity contribution in [1.82, 2.24) is 4.90 Å². The van der Waals surface area contributed by atoms with Crippen molar-refractivity contribution in [3.05, 3.63) is 0 Å². The number of nitrogens with zero attached hydrogens (tertiary/aromatic N) is 1. The molecular formula is C14H26N2O2. The average molecular weight is 254 g/mol. The zero-order chi connectivity index (χ0) is 13.3. The van der Waals surface area contributed by atoms with Gasteiger partial charge in [-0.25, -0.2) is 0 Å². The first kappa shape index (κ1) is 13.8. The summed E-state index contributed by atoms with van der Waals surface area (Å²) in [7, 11) is 0. The second-order valence-corrected chi connectivity index (χ2v) is 6.28. The summed E-state index contributed by atoms with van der Waals surface area (Å²) in [5.74, 6) is 1.27. The van der Waals surface area contributed by atoms with Gasteiger partial charge in [-0.3, -0.25) is 4.79 Å². The lowest BCUT2D eigenvalue weighted by molar-refractivity contribution is -0.146. The zero-order valence-electron chi connectivity index (χ0n) is 11.8. The highest BCUT2D eigenvalue weighted by molar-refractivity contribution is 5.86. The Morgan fingerprint density at radius 3 is 2.50 bits per heavy atom. The third kappa shape index (κ3) is 2.54. The van der Waals surface area contributed by atoms with E-state index in [1.54, 1.807) is 0 Å². The fraction of sp³-hybridized carbons (Fsp3) is 0.929. The van der Waals surface area contributed by atoms with Crippen LogP contribution in [0.25, 0.3) is 0 Å². The average Bonchev–Trinajstić information content (AvgIpc) is 2.34. The monoisotopic (exact) mass is 254 g/mol. The van der Waals surface area contributed by atoms with Crippen LogP contribution >= 0.6 is 0 Å². The lowest BCUT2D eigenvalue weighted by Crippen LogP contribution is -2.62. The van der Waals surface area contributed by atoms with E-state index in [2.05, 4.69) is 20.8 Å². The summed E-state index contributed by atoms with van der Waals surface area (Å²) < 4.78 is 5.32. The standard InChI is InChI=1S/C14H26N2O2/c1-10-8-11(2)12(3)16(9-10)13(17)14(15)4-6-18-7-5-14/h10-12H,4-9,15H2,1-3H3. The molecule has 2 N–H and O–H groups in total. The normalized spacial score (nSPS) is 36.4. The number of carbonyl (C=O) groups is 1. The molecule has 3 atom stereocenters. The maximum absolute atomic E-state index is 12.7. The molecule has 0 radical (unpaired) electrons. The van der Waals surface area contributed by atoms with Crippen LogP contribution in [0.2, 0.25) is 0 Å². The molecule has 2 aliphatic rings. The van der Waals surface area contributed by atoms with Crippen molar-refractivity contribution in [2.75, 3.05) is 19.8 Å². The van der Waals surface area contributed by atoms with Gasteiger partial charge in [-0.15, -0.1) is 0 Å². The van der Waals surface area contributed by atoms with Crippen LogP contribution in [0.1, 0.15) is 40.0 Å². The van der Waals surface area contributed by atoms with Crippen LogP contribution in [0.5, 0.6) is 0 Å². The summed E-state index contributed by atoms with van der Waals surface area (Å²) in [6, 6.07) is 0.303. The lowest BCUT2D eigenvalue weighted by Gasteiger charge is -2.45. The topological polar surface area (TPSA) is 55.6 Å². The van der Waals surface area contributed by atoms with E-state index in [0.717, 1.165) is 6.54 Å². The van der Waals surface area contributed by atoms with E-state index in [0.29, 0.717) is 43.9 Å². The van der Waals surface area contributed by atoms with E-state index >= 15 is 0 Å². The molecule has 0 aromatic carbocycles. The fourth-order valence-corrected chi connectivity index (χ4v) is 3.22. The second-order valence-electron chi connectivity index (χ2n) is 6.28. The molecule has 0 aliphatic carbocycles. The summed E-state index contributed by atoms with van der Waals surface area (Å²) >= 11 is 0. The molecule has 3 unspecified atom stereocenters. The molecule has 104 valence electrons. The Morgan fingerprint density at radius 2 is 1.89 bits per heavy atom. The van der Waals surface area contributed by atoms with Gasteiger partial charge in [0, 0.05) is 25.8 Å². The quantitative estimate of drug-likeness (QED) is 0.769. The molecule has 4 heteroatoms. The summed E-state index contributed by atoms with van der Waals surface area (Å²) in [5, 5.41) is 0. The molecule has 0 aromatic rings. The lowest BCUT2D eigenvalue weighted by atomic mass is 9.82. The van der Waals surface area contributed by atoms with Crippen LogP contribution in [-0.2, 0) is 9.53 Å². The Morgan fingerprint density at radius 1 is 1.28 bits per heavy atom. The van der Waals surface area contributed by atoms with Gasteiger partial charge in [-0.2, -0.15) is 0 Å². The summed E-state index contributed by atoms with van der Waals surface area (Å²) in [6.07, 6.45) is 2.50. The third-order valence-electron chi connectivity index (χ3n) is 4.67. The van der Waals surface area contributed by atoms with Crippen molar-refractivity contribution in [1.29, 1.82) is 0 Å². The van der Waals surface area contributed by atoms with Crippen molar-refractivity contribution in [2.45, 2.75) is 51.6 Å². The molecule has 2 aliphatic heterocycles. The van der Waals surface area contributed by atoms with Crippen LogP contribution in [0.3, 0.4) is 0 Å². The number of likely N-dealkylation sites (tertiary alicyclic amines) is 1. The van der Waals surface area contributed by atoms with E-state index in [1.165, 1.54) is 6.42 Å². The van der Waals surface area contributed by atoms with Crippen LogP contribution < -0.4 is 5.73 Å². The van der Waals surface area contributed by atoms with Gasteiger partial charge >= 0.3 is 0 Å². The Labute approximate surface area is 110 Å². The predicted octanol–water partition coefficient (Wildman–Crippen LogP) is 1.39. The summed E-state index contributed by atoms with van der Waals surface area (Å²) in [6.45, 7) is 8.66. The van der Waals surface area contributed by atoms with E-state index < -0.39 is 5.54 Å². The van der Waals surface area contributed by atoms with Gasteiger partial charge in [0.15, 0.2) is 0 Å². The first-order valence-corrected chi connectivity index (χ1v) is 7.12. The van der Waals surface area contributed by atoms with Gasteiger partial charge < -0.3 is 15.4 Å². The minimum Gasteiger partial charge on any atom is -0.381 e. The molecule has 0 aromatic heterocycles. The first-order chi connectivity index (χ1) is 8.44. The van der Waals surface area contributed by atoms with Crippen molar-refractivity contribution >= 4 is 5.91 Å². The zero-order valence-corrected chi connectivity index (χ0v) is 11.8. The molecule has 2 heterocycles. The van der Waals surface area contributed by atoms with Gasteiger partial charge in [-0.1, -0.05) is 13.8 Å². The number of hydrogen-bond acceptors (Lipinski definition) is 3. The van der Waals surface area contributed by atoms with Crippen LogP contribution in [-0.4, -0.2) is 42.1 Å². The fourth-order valence-electron chi connectivity index (χ4n) is 3.22. The molecule has 0 bridgehead atoms. The Balaban J connectivity index is 2.11. The Kier molecular flexibility index (Phi) is 3.97. The van der Waals surface area contributed by atoms with Crippen LogP contribution in [0.4, 0.5) is 0 Å². The number of piperidine rings is 1. The minimum absolute atomic E-state index is 0.136. The Bertz CT molecular complexity index is 313. The highest BCUT2D eigenvalue weighted by Gasteiger charge is 2.42. The van der Waals surface area contributed by atoms with Crippen molar-refractivity contribution in [2.24, 2.45) is 17.6 Å². The molecule has 2 rings (SSSR count). The van der Waals surface area contributed by atoms with Crippen molar-refractivity contribution < 1.29 is 9.53 Å². The van der Waals surface area contributed by atoms with E-state index in [1.807, 2.05) is 4.90 Å². The SMILES string of the molecule is CC1CC(C)C(C)N(C(=O)C2(N)CCOCC2)C1. The Hall–Kier alpha value is -0.610. The molecule has 0 spiro atoms. The molecule has 2 fully saturated rings. The molecule has 4 nitrogen and oxygen atoms in total. The third-order valence-corrected chi connectivity index (χ3v) is 4.67. The molecule has 0 saturated carbocycles. The number of hydrogen-bond donors (Lipinski definition) is 1. The maximum atomic E-state index is 12.7. The van der Waals surface area contributed by atoms with Crippen molar-refractivity contribution in [3.8, 4) is 0 Å². The minimum atomic E-state index is -0.691. The van der Waals surface area contributed by atoms with Crippen LogP contribution in [0.15, 0.2) is 0 Å². The van der Waals surface area contributed by atoms with Gasteiger partial charge in [0.2, 0.25) is 5.91 Å². The highest BCUT2D eigenvalue weighted by Crippen LogP contribution is 2.30. The predicted molar refractivity (Wildman–Crippen MR) is 71.1 cm³/mol. The molecule has 2 saturated heterocycles. The number of ether oxygens (including phenoxy) is 1. The van der Waals surface area contributed by atoms with E-state index in [4.69, 9.17) is 10.5 Å². The highest BCUT2D eigenvalue weighted by atomic mass is 16.5. The van der Waals surface area contributed by atoms with Gasteiger partial charge in [0.25, 0.3) is 0 Å². The largest absolute Gasteiger partial charge is 0.381 e. The van der Waals surface area contributed by atoms with Gasteiger partial charge in [0.1, 0.15) is 0 Å². The number of carbonyl (C=O) groups excluding carboxylic acids is 1. The first-order valence-electron chi connectivity index (χ1n) is 7.12. The maximum Gasteiger partial charge on any atom is 0.243 e. The smallest absolute Gasteiger partial charge is 0.243 e. The van der Waals surface area contributed by atoms with E-state index in [-0.39, 0.29) is 5.91 Å². The van der Waals surface area contributed by atoms with Crippen molar-refractivity contribution in [3.63, 3.8) is 0 Å². The van der Waals surface area contributed by atoms with E-state index in [9.17, 15) is 4.79 Å². The number of nitrogens with two attached hydrogens (primary N) is 1. The number of rotatable bonds is 1. The van der Waals surface area contributed by atoms with Gasteiger partial charge in [0.05, 0.1) is 5.54 Å². The number of amides is 1. The van der Waals surface area contributed by atoms with Gasteiger partial charge in [-0.05, 0) is 38.0 Å². The summed E-state index contributed by atoms with van der Waals surface area (Å²) in [4.78, 5) is 14.7. The van der Waals surface area contributed by atoms with Crippen LogP contribution in [0, 0.1) is 11.8 Å². The second kappa shape index (κ2) is 5.17. The molecular weight excluding hydrogens is 228 g/mol. The molecule has 18 heavy (non-hydrogen) atoms. The molecule has 1 amide bonds.